The Bertz CT molecular complexity index is 1170. The van der Waals surface area contributed by atoms with Crippen molar-refractivity contribution in [1.82, 2.24) is 9.97 Å². The molecule has 1 aromatic heterocycles. The van der Waals surface area contributed by atoms with Crippen LogP contribution in [0.4, 0.5) is 19.0 Å². The molecule has 0 saturated carbocycles. The van der Waals surface area contributed by atoms with Crippen molar-refractivity contribution in [3.8, 4) is 0 Å². The Kier molecular flexibility index (Phi) is 5.73. The minimum absolute atomic E-state index is 0.231. The van der Waals surface area contributed by atoms with Crippen molar-refractivity contribution in [2.75, 3.05) is 18.5 Å². The molecule has 0 amide bonds. The first kappa shape index (κ1) is 21.0. The quantitative estimate of drug-likeness (QED) is 0.587. The molecule has 8 heteroatoms. The summed E-state index contributed by atoms with van der Waals surface area (Å²) in [7, 11) is 0. The van der Waals surface area contributed by atoms with Gasteiger partial charge in [-0.1, -0.05) is 6.07 Å². The minimum Gasteiger partial charge on any atom is -0.377 e. The third-order valence-electron chi connectivity index (χ3n) is 4.85. The number of ether oxygens (including phenoxy) is 1. The van der Waals surface area contributed by atoms with Crippen LogP contribution in [0, 0.1) is 5.82 Å². The predicted octanol–water partition coefficient (Wildman–Crippen LogP) is 5.22. The topological polar surface area (TPSA) is 59.4 Å². The van der Waals surface area contributed by atoms with Gasteiger partial charge >= 0.3 is 5.92 Å². The lowest BCUT2D eigenvalue weighted by Crippen LogP contribution is -2.21. The average molecular weight is 426 g/mol. The van der Waals surface area contributed by atoms with E-state index in [-0.39, 0.29) is 5.82 Å². The maximum atomic E-state index is 15.3. The number of aliphatic imine (C=N–C) groups is 1. The van der Waals surface area contributed by atoms with Crippen molar-refractivity contribution >= 4 is 22.6 Å². The van der Waals surface area contributed by atoms with E-state index in [4.69, 9.17) is 4.74 Å². The van der Waals surface area contributed by atoms with Gasteiger partial charge in [0, 0.05) is 17.6 Å². The van der Waals surface area contributed by atoms with E-state index in [0.717, 1.165) is 35.4 Å². The molecule has 31 heavy (non-hydrogen) atoms. The van der Waals surface area contributed by atoms with Crippen LogP contribution >= 0.6 is 0 Å². The van der Waals surface area contributed by atoms with Crippen molar-refractivity contribution in [2.45, 2.75) is 26.4 Å². The van der Waals surface area contributed by atoms with Crippen molar-refractivity contribution in [3.63, 3.8) is 0 Å². The summed E-state index contributed by atoms with van der Waals surface area (Å²) in [5, 5.41) is 3.63. The Labute approximate surface area is 177 Å². The predicted molar refractivity (Wildman–Crippen MR) is 114 cm³/mol. The number of rotatable bonds is 6. The van der Waals surface area contributed by atoms with E-state index in [1.165, 1.54) is 0 Å². The molecule has 0 aliphatic carbocycles. The van der Waals surface area contributed by atoms with E-state index in [1.54, 1.807) is 12.1 Å². The van der Waals surface area contributed by atoms with E-state index < -0.39 is 23.1 Å². The van der Waals surface area contributed by atoms with Gasteiger partial charge in [-0.05, 0) is 67.5 Å². The molecule has 2 aromatic carbocycles. The maximum absolute atomic E-state index is 15.3. The summed E-state index contributed by atoms with van der Waals surface area (Å²) in [6.07, 6.45) is 1.84. The van der Waals surface area contributed by atoms with Gasteiger partial charge in [0.05, 0.1) is 18.7 Å². The summed E-state index contributed by atoms with van der Waals surface area (Å²) < 4.78 is 49.2. The molecule has 0 spiro atoms. The summed E-state index contributed by atoms with van der Waals surface area (Å²) >= 11 is 0. The number of benzene rings is 2. The van der Waals surface area contributed by atoms with Crippen LogP contribution in [-0.2, 0) is 17.3 Å². The fourth-order valence-electron chi connectivity index (χ4n) is 3.24. The highest BCUT2D eigenvalue weighted by Crippen LogP contribution is 2.36. The molecule has 1 aliphatic heterocycles. The average Bonchev–Trinajstić information content (AvgIpc) is 3.16. The van der Waals surface area contributed by atoms with Gasteiger partial charge in [-0.2, -0.15) is 8.78 Å². The highest BCUT2D eigenvalue weighted by Gasteiger charge is 2.38. The molecule has 0 bridgehead atoms. The Balaban J connectivity index is 1.82. The van der Waals surface area contributed by atoms with E-state index in [2.05, 4.69) is 20.3 Å². The normalized spacial score (nSPS) is 14.0. The highest BCUT2D eigenvalue weighted by molar-refractivity contribution is 6.08. The van der Waals surface area contributed by atoms with Crippen LogP contribution in [0.2, 0.25) is 0 Å². The zero-order valence-electron chi connectivity index (χ0n) is 17.1. The van der Waals surface area contributed by atoms with Gasteiger partial charge < -0.3 is 10.1 Å². The first-order chi connectivity index (χ1) is 14.9. The molecular weight excluding hydrogens is 405 g/mol. The Morgan fingerprint density at radius 3 is 2.55 bits per heavy atom. The molecule has 1 N–H and O–H groups in total. The lowest BCUT2D eigenvalue weighted by molar-refractivity contribution is 0.0333. The second-order valence-corrected chi connectivity index (χ2v) is 7.28. The van der Waals surface area contributed by atoms with Crippen LogP contribution in [0.15, 0.2) is 59.1 Å². The number of hydrogen-bond donors (Lipinski definition) is 1. The van der Waals surface area contributed by atoms with Gasteiger partial charge in [-0.25, -0.2) is 14.4 Å². The first-order valence-electron chi connectivity index (χ1n) is 9.88. The van der Waals surface area contributed by atoms with Crippen LogP contribution < -0.4 is 5.32 Å². The summed E-state index contributed by atoms with van der Waals surface area (Å²) in [6.45, 7) is 5.24. The molecule has 5 nitrogen and oxygen atoms in total. The molecule has 4 rings (SSSR count). The third kappa shape index (κ3) is 4.44. The van der Waals surface area contributed by atoms with Crippen LogP contribution in [0.1, 0.15) is 30.8 Å². The summed E-state index contributed by atoms with van der Waals surface area (Å²) in [5.41, 5.74) is 1.82. The van der Waals surface area contributed by atoms with Gasteiger partial charge in [-0.3, -0.25) is 4.99 Å². The minimum atomic E-state index is -3.52. The van der Waals surface area contributed by atoms with E-state index in [9.17, 15) is 4.39 Å². The molecule has 1 aliphatic rings. The van der Waals surface area contributed by atoms with Crippen LogP contribution in [0.5, 0.6) is 0 Å². The lowest BCUT2D eigenvalue weighted by atomic mass is 10.1. The highest BCUT2D eigenvalue weighted by atomic mass is 19.3. The summed E-state index contributed by atoms with van der Waals surface area (Å²) in [6, 6.07) is 9.39. The molecule has 0 fully saturated rings. The van der Waals surface area contributed by atoms with Crippen LogP contribution in [0.3, 0.4) is 0 Å². The standard InChI is InChI=1S/C23H21F3N4O/c1-3-31-13-15-4-9-18-19(11-15)28-22(23(25,26)16-5-7-17(24)8-6-16)30-21(18)29-20-10-14(2)12-27-20/h4-11H,3,12-13H2,1-2H3,(H,27,28,29,30). The monoisotopic (exact) mass is 426 g/mol. The molecular formula is C23H21F3N4O. The van der Waals surface area contributed by atoms with Crippen LogP contribution in [0.25, 0.3) is 10.9 Å². The number of anilines is 1. The Morgan fingerprint density at radius 1 is 1.10 bits per heavy atom. The number of halogens is 3. The number of hydrogen-bond acceptors (Lipinski definition) is 5. The molecule has 0 atom stereocenters. The molecule has 0 unspecified atom stereocenters. The third-order valence-corrected chi connectivity index (χ3v) is 4.85. The number of alkyl halides is 2. The molecule has 0 radical (unpaired) electrons. The first-order valence-corrected chi connectivity index (χ1v) is 9.88. The molecule has 3 aromatic rings. The van der Waals surface area contributed by atoms with E-state index >= 15 is 8.78 Å². The number of amidine groups is 1. The van der Waals surface area contributed by atoms with Crippen molar-refractivity contribution < 1.29 is 17.9 Å². The molecule has 160 valence electrons. The van der Waals surface area contributed by atoms with Gasteiger partial charge in [0.25, 0.3) is 0 Å². The SMILES string of the molecule is CCOCc1ccc2c(NC3=NCC(C)=C3)nc(C(F)(F)c3ccc(F)cc3)nc2c1. The van der Waals surface area contributed by atoms with E-state index in [1.807, 2.05) is 26.0 Å². The van der Waals surface area contributed by atoms with Gasteiger partial charge in [0.1, 0.15) is 17.5 Å². The maximum Gasteiger partial charge on any atom is 0.331 e. The smallest absolute Gasteiger partial charge is 0.331 e. The van der Waals surface area contributed by atoms with Crippen molar-refractivity contribution in [2.24, 2.45) is 4.99 Å². The van der Waals surface area contributed by atoms with Crippen molar-refractivity contribution in [1.29, 1.82) is 0 Å². The Morgan fingerprint density at radius 2 is 1.87 bits per heavy atom. The second kappa shape index (κ2) is 8.47. The number of nitrogens with zero attached hydrogens (tertiary/aromatic N) is 3. The summed E-state index contributed by atoms with van der Waals surface area (Å²) in [4.78, 5) is 12.6. The number of nitrogens with one attached hydrogen (secondary N) is 1. The van der Waals surface area contributed by atoms with E-state index in [0.29, 0.717) is 36.5 Å². The molecule has 0 saturated heterocycles. The largest absolute Gasteiger partial charge is 0.377 e. The summed E-state index contributed by atoms with van der Waals surface area (Å²) in [5.74, 6) is -4.01. The fourth-order valence-corrected chi connectivity index (χ4v) is 3.24. The second-order valence-electron chi connectivity index (χ2n) is 7.28. The van der Waals surface area contributed by atoms with Crippen molar-refractivity contribution in [3.05, 3.63) is 76.9 Å². The Hall–Kier alpha value is -3.26. The molecule has 2 heterocycles. The zero-order chi connectivity index (χ0) is 22.0. The van der Waals surface area contributed by atoms with Gasteiger partial charge in [0.15, 0.2) is 0 Å². The fraction of sp³-hybridized carbons (Fsp3) is 0.261. The van der Waals surface area contributed by atoms with Gasteiger partial charge in [0.2, 0.25) is 5.82 Å². The zero-order valence-corrected chi connectivity index (χ0v) is 17.1. The number of fused-ring (bicyclic) bond motifs is 1. The lowest BCUT2D eigenvalue weighted by Gasteiger charge is -2.18. The number of aromatic nitrogens is 2. The van der Waals surface area contributed by atoms with Gasteiger partial charge in [-0.15, -0.1) is 0 Å². The van der Waals surface area contributed by atoms with Crippen LogP contribution in [-0.4, -0.2) is 29.0 Å².